The van der Waals surface area contributed by atoms with Crippen molar-refractivity contribution >= 4 is 28.5 Å². The second-order valence-corrected chi connectivity index (χ2v) is 6.17. The van der Waals surface area contributed by atoms with Crippen LogP contribution in [0.4, 0.5) is 5.69 Å². The minimum absolute atomic E-state index is 0.318. The normalized spacial score (nSPS) is 13.9. The van der Waals surface area contributed by atoms with E-state index in [4.69, 9.17) is 0 Å². The van der Waals surface area contributed by atoms with Crippen LogP contribution in [0.25, 0.3) is 11.0 Å². The number of aryl methyl sites for hydroxylation is 4. The third kappa shape index (κ3) is 1.76. The number of hydrogen-bond donors (Lipinski definition) is 0. The van der Waals surface area contributed by atoms with Crippen molar-refractivity contribution in [2.45, 2.75) is 20.8 Å². The fourth-order valence-electron chi connectivity index (χ4n) is 3.22. The Hall–Kier alpha value is -3.02. The lowest BCUT2D eigenvalue weighted by atomic mass is 10.1. The highest BCUT2D eigenvalue weighted by Crippen LogP contribution is 2.34. The number of nitrogens with zero attached hydrogens (tertiary/aromatic N) is 4. The highest BCUT2D eigenvalue weighted by Gasteiger charge is 2.39. The Morgan fingerprint density at radius 2 is 1.75 bits per heavy atom. The first-order valence-corrected chi connectivity index (χ1v) is 7.68. The molecule has 0 N–H and O–H groups in total. The molecule has 0 aliphatic carbocycles. The summed E-state index contributed by atoms with van der Waals surface area (Å²) in [6.45, 7) is 5.77. The van der Waals surface area contributed by atoms with Gasteiger partial charge in [-0.3, -0.25) is 14.3 Å². The SMILES string of the molecule is Cc1ccc(N2C(=O)c3cnc4c(c(C)nn4C)c3C2=O)cc1C. The summed E-state index contributed by atoms with van der Waals surface area (Å²) in [4.78, 5) is 31.4. The number of fused-ring (bicyclic) bond motifs is 3. The molecule has 6 heteroatoms. The minimum Gasteiger partial charge on any atom is -0.268 e. The fraction of sp³-hybridized carbons (Fsp3) is 0.222. The van der Waals surface area contributed by atoms with Gasteiger partial charge in [0, 0.05) is 13.2 Å². The van der Waals surface area contributed by atoms with Gasteiger partial charge < -0.3 is 0 Å². The third-order valence-corrected chi connectivity index (χ3v) is 4.63. The third-order valence-electron chi connectivity index (χ3n) is 4.63. The Bertz CT molecular complexity index is 1050. The predicted molar refractivity (Wildman–Crippen MR) is 90.3 cm³/mol. The highest BCUT2D eigenvalue weighted by atomic mass is 16.2. The summed E-state index contributed by atoms with van der Waals surface area (Å²) in [6, 6.07) is 5.57. The Kier molecular flexibility index (Phi) is 2.87. The summed E-state index contributed by atoms with van der Waals surface area (Å²) in [7, 11) is 1.77. The zero-order chi connectivity index (χ0) is 17.2. The standard InChI is InChI=1S/C18H16N4O2/c1-9-5-6-12(7-10(9)2)22-17(23)13-8-19-16-14(15(13)18(22)24)11(3)20-21(16)4/h5-8H,1-4H3. The first-order chi connectivity index (χ1) is 11.4. The Morgan fingerprint density at radius 1 is 1.00 bits per heavy atom. The van der Waals surface area contributed by atoms with Crippen LogP contribution in [0.5, 0.6) is 0 Å². The summed E-state index contributed by atoms with van der Waals surface area (Å²) in [6.07, 6.45) is 1.47. The Balaban J connectivity index is 1.95. The molecule has 0 saturated carbocycles. The molecule has 1 aliphatic heterocycles. The van der Waals surface area contributed by atoms with Gasteiger partial charge in [-0.15, -0.1) is 0 Å². The van der Waals surface area contributed by atoms with E-state index in [0.717, 1.165) is 11.1 Å². The van der Waals surface area contributed by atoms with Crippen molar-refractivity contribution in [2.75, 3.05) is 4.90 Å². The average molecular weight is 320 g/mol. The van der Waals surface area contributed by atoms with E-state index in [9.17, 15) is 9.59 Å². The Labute approximate surface area is 138 Å². The van der Waals surface area contributed by atoms with Gasteiger partial charge in [-0.05, 0) is 44.0 Å². The fourth-order valence-corrected chi connectivity index (χ4v) is 3.22. The molecule has 0 atom stereocenters. The van der Waals surface area contributed by atoms with Crippen LogP contribution in [-0.2, 0) is 7.05 Å². The maximum atomic E-state index is 13.0. The van der Waals surface area contributed by atoms with E-state index in [1.54, 1.807) is 17.8 Å². The molecule has 120 valence electrons. The highest BCUT2D eigenvalue weighted by molar-refractivity contribution is 6.37. The van der Waals surface area contributed by atoms with E-state index >= 15 is 0 Å². The smallest absolute Gasteiger partial charge is 0.267 e. The van der Waals surface area contributed by atoms with E-state index in [0.29, 0.717) is 33.5 Å². The minimum atomic E-state index is -0.337. The maximum absolute atomic E-state index is 13.0. The first-order valence-electron chi connectivity index (χ1n) is 7.68. The molecule has 0 bridgehead atoms. The lowest BCUT2D eigenvalue weighted by Gasteiger charge is -2.15. The summed E-state index contributed by atoms with van der Waals surface area (Å²) < 4.78 is 1.63. The van der Waals surface area contributed by atoms with Gasteiger partial charge in [0.05, 0.1) is 27.9 Å². The van der Waals surface area contributed by atoms with E-state index in [2.05, 4.69) is 10.1 Å². The van der Waals surface area contributed by atoms with Crippen LogP contribution in [0.1, 0.15) is 37.5 Å². The van der Waals surface area contributed by atoms with E-state index in [1.807, 2.05) is 32.9 Å². The van der Waals surface area contributed by atoms with Crippen molar-refractivity contribution in [2.24, 2.45) is 7.05 Å². The van der Waals surface area contributed by atoms with Crippen LogP contribution < -0.4 is 4.90 Å². The molecule has 3 heterocycles. The van der Waals surface area contributed by atoms with Gasteiger partial charge >= 0.3 is 0 Å². The van der Waals surface area contributed by atoms with Crippen molar-refractivity contribution < 1.29 is 9.59 Å². The molecule has 6 nitrogen and oxygen atoms in total. The van der Waals surface area contributed by atoms with E-state index < -0.39 is 0 Å². The maximum Gasteiger partial charge on any atom is 0.267 e. The molecule has 2 amide bonds. The monoisotopic (exact) mass is 320 g/mol. The zero-order valence-corrected chi connectivity index (χ0v) is 13.9. The summed E-state index contributed by atoms with van der Waals surface area (Å²) in [5.41, 5.74) is 4.76. The van der Waals surface area contributed by atoms with Crippen LogP contribution in [0.15, 0.2) is 24.4 Å². The van der Waals surface area contributed by atoms with Gasteiger partial charge in [0.25, 0.3) is 11.8 Å². The number of aromatic nitrogens is 3. The quantitative estimate of drug-likeness (QED) is 0.647. The second kappa shape index (κ2) is 4.74. The van der Waals surface area contributed by atoms with Gasteiger partial charge in [-0.25, -0.2) is 9.88 Å². The molecule has 0 radical (unpaired) electrons. The number of hydrogen-bond acceptors (Lipinski definition) is 4. The molecule has 2 aromatic heterocycles. The van der Waals surface area contributed by atoms with Crippen molar-refractivity contribution in [3.63, 3.8) is 0 Å². The Morgan fingerprint density at radius 3 is 2.46 bits per heavy atom. The summed E-state index contributed by atoms with van der Waals surface area (Å²) in [5.74, 6) is -0.655. The molecule has 24 heavy (non-hydrogen) atoms. The lowest BCUT2D eigenvalue weighted by molar-refractivity contribution is 0.0926. The summed E-state index contributed by atoms with van der Waals surface area (Å²) in [5, 5.41) is 4.98. The molecule has 4 rings (SSSR count). The molecular weight excluding hydrogens is 304 g/mol. The van der Waals surface area contributed by atoms with Crippen LogP contribution >= 0.6 is 0 Å². The number of amides is 2. The van der Waals surface area contributed by atoms with Crippen molar-refractivity contribution in [3.8, 4) is 0 Å². The zero-order valence-electron chi connectivity index (χ0n) is 13.9. The number of pyridine rings is 1. The average Bonchev–Trinajstić information content (AvgIpc) is 2.97. The topological polar surface area (TPSA) is 68.1 Å². The molecule has 1 aromatic carbocycles. The number of rotatable bonds is 1. The second-order valence-electron chi connectivity index (χ2n) is 6.17. The lowest BCUT2D eigenvalue weighted by Crippen LogP contribution is -2.29. The molecule has 1 aliphatic rings. The molecular formula is C18H16N4O2. The molecule has 0 spiro atoms. The summed E-state index contributed by atoms with van der Waals surface area (Å²) >= 11 is 0. The number of imide groups is 1. The number of carbonyl (C=O) groups excluding carboxylic acids is 2. The van der Waals surface area contributed by atoms with Gasteiger partial charge in [0.1, 0.15) is 0 Å². The van der Waals surface area contributed by atoms with Crippen molar-refractivity contribution in [1.82, 2.24) is 14.8 Å². The molecule has 0 fully saturated rings. The van der Waals surface area contributed by atoms with Crippen molar-refractivity contribution in [1.29, 1.82) is 0 Å². The molecule has 0 unspecified atom stereocenters. The van der Waals surface area contributed by atoms with Crippen LogP contribution in [0.2, 0.25) is 0 Å². The van der Waals surface area contributed by atoms with Gasteiger partial charge in [0.2, 0.25) is 0 Å². The van der Waals surface area contributed by atoms with Crippen LogP contribution in [-0.4, -0.2) is 26.6 Å². The van der Waals surface area contributed by atoms with Gasteiger partial charge in [0.15, 0.2) is 5.65 Å². The van der Waals surface area contributed by atoms with Crippen LogP contribution in [0, 0.1) is 20.8 Å². The number of carbonyl (C=O) groups is 2. The van der Waals surface area contributed by atoms with Gasteiger partial charge in [-0.2, -0.15) is 5.10 Å². The number of anilines is 1. The predicted octanol–water partition coefficient (Wildman–Crippen LogP) is 2.69. The first kappa shape index (κ1) is 14.6. The molecule has 0 saturated heterocycles. The van der Waals surface area contributed by atoms with Crippen LogP contribution in [0.3, 0.4) is 0 Å². The van der Waals surface area contributed by atoms with Crippen molar-refractivity contribution in [3.05, 3.63) is 52.3 Å². The van der Waals surface area contributed by atoms with E-state index in [-0.39, 0.29) is 11.8 Å². The largest absolute Gasteiger partial charge is 0.268 e. The van der Waals surface area contributed by atoms with E-state index in [1.165, 1.54) is 11.1 Å². The number of benzene rings is 1. The van der Waals surface area contributed by atoms with Gasteiger partial charge in [-0.1, -0.05) is 6.07 Å². The molecule has 3 aromatic rings.